The Morgan fingerprint density at radius 3 is 2.74 bits per heavy atom. The van der Waals surface area contributed by atoms with Gasteiger partial charge in [-0.3, -0.25) is 0 Å². The summed E-state index contributed by atoms with van der Waals surface area (Å²) in [5.41, 5.74) is 0. The molecule has 6 nitrogen and oxygen atoms in total. The van der Waals surface area contributed by atoms with Gasteiger partial charge in [-0.15, -0.1) is 0 Å². The second-order valence-corrected chi connectivity index (χ2v) is 6.45. The summed E-state index contributed by atoms with van der Waals surface area (Å²) < 4.78 is 27.9. The van der Waals surface area contributed by atoms with Gasteiger partial charge in [0.2, 0.25) is 10.0 Å². The molecule has 0 aliphatic rings. The Hall–Kier alpha value is -0.920. The van der Waals surface area contributed by atoms with Crippen LogP contribution < -0.4 is 10.0 Å². The summed E-state index contributed by atoms with van der Waals surface area (Å²) in [4.78, 5) is 4.15. The van der Waals surface area contributed by atoms with E-state index in [0.29, 0.717) is 19.4 Å². The minimum Gasteiger partial charge on any atom is -0.338 e. The molecule has 7 heteroatoms. The van der Waals surface area contributed by atoms with Crippen molar-refractivity contribution in [2.45, 2.75) is 26.2 Å². The van der Waals surface area contributed by atoms with E-state index in [9.17, 15) is 8.42 Å². The maximum Gasteiger partial charge on any atom is 0.211 e. The summed E-state index contributed by atoms with van der Waals surface area (Å²) in [6, 6.07) is 0. The van der Waals surface area contributed by atoms with E-state index in [1.807, 2.05) is 17.8 Å². The predicted octanol–water partition coefficient (Wildman–Crippen LogP) is 0.272. The first kappa shape index (κ1) is 16.1. The van der Waals surface area contributed by atoms with Gasteiger partial charge in [-0.25, -0.2) is 18.1 Å². The molecule has 0 atom stereocenters. The molecular weight excluding hydrogens is 264 g/mol. The van der Waals surface area contributed by atoms with Crippen molar-refractivity contribution in [3.05, 3.63) is 18.2 Å². The molecule has 0 unspecified atom stereocenters. The molecule has 0 aliphatic heterocycles. The summed E-state index contributed by atoms with van der Waals surface area (Å²) in [5, 5.41) is 3.19. The number of aromatic nitrogens is 2. The molecule has 19 heavy (non-hydrogen) atoms. The molecule has 0 saturated heterocycles. The van der Waals surface area contributed by atoms with Crippen LogP contribution in [0, 0.1) is 0 Å². The van der Waals surface area contributed by atoms with Crippen molar-refractivity contribution in [3.8, 4) is 0 Å². The second kappa shape index (κ2) is 8.29. The SMILES string of the molecule is CCCNCCCS(=O)(=O)NCCc1nccn1C. The van der Waals surface area contributed by atoms with Crippen LogP contribution in [0.3, 0.4) is 0 Å². The van der Waals surface area contributed by atoms with Gasteiger partial charge < -0.3 is 9.88 Å². The van der Waals surface area contributed by atoms with E-state index < -0.39 is 10.0 Å². The van der Waals surface area contributed by atoms with E-state index in [4.69, 9.17) is 0 Å². The van der Waals surface area contributed by atoms with Crippen molar-refractivity contribution in [1.29, 1.82) is 0 Å². The van der Waals surface area contributed by atoms with Crippen molar-refractivity contribution < 1.29 is 8.42 Å². The summed E-state index contributed by atoms with van der Waals surface area (Å²) in [6.07, 6.45) is 5.87. The molecule has 0 bridgehead atoms. The van der Waals surface area contributed by atoms with Gasteiger partial charge in [0.15, 0.2) is 0 Å². The van der Waals surface area contributed by atoms with Crippen LogP contribution in [0.25, 0.3) is 0 Å². The molecule has 1 aromatic heterocycles. The van der Waals surface area contributed by atoms with Gasteiger partial charge in [-0.2, -0.15) is 0 Å². The fourth-order valence-electron chi connectivity index (χ4n) is 1.72. The van der Waals surface area contributed by atoms with Crippen molar-refractivity contribution in [2.75, 3.05) is 25.4 Å². The number of sulfonamides is 1. The normalized spacial score (nSPS) is 11.9. The summed E-state index contributed by atoms with van der Waals surface area (Å²) in [7, 11) is -1.26. The number of nitrogens with one attached hydrogen (secondary N) is 2. The molecular formula is C12H24N4O2S. The zero-order valence-corrected chi connectivity index (χ0v) is 12.5. The van der Waals surface area contributed by atoms with Crippen molar-refractivity contribution in [3.63, 3.8) is 0 Å². The second-order valence-electron chi connectivity index (χ2n) is 4.52. The quantitative estimate of drug-likeness (QED) is 0.606. The highest BCUT2D eigenvalue weighted by Crippen LogP contribution is 1.95. The smallest absolute Gasteiger partial charge is 0.211 e. The summed E-state index contributed by atoms with van der Waals surface area (Å²) in [5.74, 6) is 1.05. The topological polar surface area (TPSA) is 76.0 Å². The lowest BCUT2D eigenvalue weighted by Gasteiger charge is -2.07. The molecule has 1 heterocycles. The fourth-order valence-corrected chi connectivity index (χ4v) is 2.80. The van der Waals surface area contributed by atoms with E-state index >= 15 is 0 Å². The van der Waals surface area contributed by atoms with Crippen LogP contribution in [0.15, 0.2) is 12.4 Å². The van der Waals surface area contributed by atoms with Crippen LogP contribution in [0.5, 0.6) is 0 Å². The number of hydrogen-bond acceptors (Lipinski definition) is 4. The van der Waals surface area contributed by atoms with Gasteiger partial charge >= 0.3 is 0 Å². The Bertz CT molecular complexity index is 456. The third-order valence-corrected chi connectivity index (χ3v) is 4.26. The van der Waals surface area contributed by atoms with Gasteiger partial charge in [0.25, 0.3) is 0 Å². The Morgan fingerprint density at radius 2 is 2.11 bits per heavy atom. The minimum absolute atomic E-state index is 0.171. The molecule has 0 radical (unpaired) electrons. The lowest BCUT2D eigenvalue weighted by Crippen LogP contribution is -2.30. The fraction of sp³-hybridized carbons (Fsp3) is 0.750. The highest BCUT2D eigenvalue weighted by atomic mass is 32.2. The molecule has 0 aliphatic carbocycles. The van der Waals surface area contributed by atoms with Crippen LogP contribution >= 0.6 is 0 Å². The first-order valence-electron chi connectivity index (χ1n) is 6.69. The van der Waals surface area contributed by atoms with Crippen molar-refractivity contribution in [1.82, 2.24) is 19.6 Å². The largest absolute Gasteiger partial charge is 0.338 e. The average molecular weight is 288 g/mol. The van der Waals surface area contributed by atoms with Gasteiger partial charge in [-0.05, 0) is 25.9 Å². The Balaban J connectivity index is 2.18. The molecule has 110 valence electrons. The minimum atomic E-state index is -3.16. The number of imidazole rings is 1. The number of rotatable bonds is 10. The Labute approximate surface area is 115 Å². The number of nitrogens with zero attached hydrogens (tertiary/aromatic N) is 2. The van der Waals surface area contributed by atoms with Gasteiger partial charge in [0.05, 0.1) is 5.75 Å². The van der Waals surface area contributed by atoms with Crippen LogP contribution in [0.2, 0.25) is 0 Å². The predicted molar refractivity (Wildman–Crippen MR) is 76.5 cm³/mol. The maximum atomic E-state index is 11.7. The van der Waals surface area contributed by atoms with Crippen LogP contribution in [-0.4, -0.2) is 43.4 Å². The van der Waals surface area contributed by atoms with Crippen LogP contribution in [-0.2, 0) is 23.5 Å². The molecule has 0 aromatic carbocycles. The lowest BCUT2D eigenvalue weighted by molar-refractivity contribution is 0.573. The third-order valence-electron chi connectivity index (χ3n) is 2.78. The number of hydrogen-bond donors (Lipinski definition) is 2. The third kappa shape index (κ3) is 6.70. The maximum absolute atomic E-state index is 11.7. The van der Waals surface area contributed by atoms with Crippen molar-refractivity contribution >= 4 is 10.0 Å². The summed E-state index contributed by atoms with van der Waals surface area (Å²) >= 11 is 0. The highest BCUT2D eigenvalue weighted by Gasteiger charge is 2.09. The van der Waals surface area contributed by atoms with E-state index in [1.54, 1.807) is 6.20 Å². The zero-order valence-electron chi connectivity index (χ0n) is 11.7. The van der Waals surface area contributed by atoms with Gasteiger partial charge in [0.1, 0.15) is 5.82 Å². The van der Waals surface area contributed by atoms with E-state index in [1.165, 1.54) is 0 Å². The molecule has 1 aromatic rings. The molecule has 0 spiro atoms. The van der Waals surface area contributed by atoms with Crippen LogP contribution in [0.1, 0.15) is 25.6 Å². The zero-order chi connectivity index (χ0) is 14.1. The van der Waals surface area contributed by atoms with Crippen LogP contribution in [0.4, 0.5) is 0 Å². The first-order valence-corrected chi connectivity index (χ1v) is 8.34. The molecule has 1 rings (SSSR count). The monoisotopic (exact) mass is 288 g/mol. The van der Waals surface area contributed by atoms with Gasteiger partial charge in [0, 0.05) is 32.4 Å². The summed E-state index contributed by atoms with van der Waals surface area (Å²) in [6.45, 7) is 4.17. The van der Waals surface area contributed by atoms with Crippen molar-refractivity contribution in [2.24, 2.45) is 7.05 Å². The number of aryl methyl sites for hydroxylation is 1. The lowest BCUT2D eigenvalue weighted by atomic mass is 10.4. The molecule has 2 N–H and O–H groups in total. The first-order chi connectivity index (χ1) is 9.05. The van der Waals surface area contributed by atoms with Gasteiger partial charge in [-0.1, -0.05) is 6.92 Å². The Morgan fingerprint density at radius 1 is 1.32 bits per heavy atom. The standard InChI is InChI=1S/C12H24N4O2S/c1-3-6-13-7-4-11-19(17,18)15-8-5-12-14-9-10-16(12)2/h9-10,13,15H,3-8,11H2,1-2H3. The average Bonchev–Trinajstić information content (AvgIpc) is 2.75. The van der Waals surface area contributed by atoms with E-state index in [2.05, 4.69) is 21.9 Å². The van der Waals surface area contributed by atoms with E-state index in [0.717, 1.165) is 25.3 Å². The molecule has 0 saturated carbocycles. The highest BCUT2D eigenvalue weighted by molar-refractivity contribution is 7.89. The molecule has 0 fully saturated rings. The molecule has 0 amide bonds. The Kier molecular flexibility index (Phi) is 7.04. The van der Waals surface area contributed by atoms with E-state index in [-0.39, 0.29) is 5.75 Å².